The Labute approximate surface area is 157 Å². The van der Waals surface area contributed by atoms with E-state index in [2.05, 4.69) is 10.3 Å². The molecule has 3 rings (SSSR count). The van der Waals surface area contributed by atoms with Crippen molar-refractivity contribution in [2.45, 2.75) is 32.4 Å². The number of carbonyl (C=O) groups excluding carboxylic acids is 2. The zero-order chi connectivity index (χ0) is 18.5. The van der Waals surface area contributed by atoms with Gasteiger partial charge in [0.25, 0.3) is 0 Å². The highest BCUT2D eigenvalue weighted by molar-refractivity contribution is 7.13. The minimum absolute atomic E-state index is 0.0350. The quantitative estimate of drug-likeness (QED) is 0.859. The number of hydrogen-bond acceptors (Lipinski definition) is 5. The van der Waals surface area contributed by atoms with Crippen LogP contribution in [0.1, 0.15) is 25.5 Å². The minimum atomic E-state index is -0.223. The monoisotopic (exact) mass is 372 g/mol. The SMILES string of the molecule is CC(=O)N1C[C@@H](N)CC[C@@H](C(=O)NCc2csc(-c3ccccc3)n2)C1. The third-order valence-corrected chi connectivity index (χ3v) is 5.55. The van der Waals surface area contributed by atoms with Crippen molar-refractivity contribution in [3.63, 3.8) is 0 Å². The smallest absolute Gasteiger partial charge is 0.225 e. The molecule has 2 atom stereocenters. The zero-order valence-electron chi connectivity index (χ0n) is 14.9. The fourth-order valence-electron chi connectivity index (χ4n) is 3.12. The first-order chi connectivity index (χ1) is 12.5. The molecule has 1 saturated heterocycles. The second-order valence-corrected chi connectivity index (χ2v) is 7.54. The largest absolute Gasteiger partial charge is 0.350 e. The van der Waals surface area contributed by atoms with Crippen molar-refractivity contribution in [3.05, 3.63) is 41.4 Å². The fourth-order valence-corrected chi connectivity index (χ4v) is 3.94. The predicted molar refractivity (Wildman–Crippen MR) is 102 cm³/mol. The Balaban J connectivity index is 1.58. The van der Waals surface area contributed by atoms with Crippen LogP contribution in [0.25, 0.3) is 10.6 Å². The molecular weight excluding hydrogens is 348 g/mol. The van der Waals surface area contributed by atoms with E-state index in [1.54, 1.807) is 16.2 Å². The van der Waals surface area contributed by atoms with Crippen LogP contribution in [0.4, 0.5) is 0 Å². The summed E-state index contributed by atoms with van der Waals surface area (Å²) >= 11 is 1.57. The molecule has 7 heteroatoms. The number of nitrogens with one attached hydrogen (secondary N) is 1. The van der Waals surface area contributed by atoms with E-state index in [0.717, 1.165) is 22.7 Å². The summed E-state index contributed by atoms with van der Waals surface area (Å²) in [7, 11) is 0. The van der Waals surface area contributed by atoms with Crippen molar-refractivity contribution < 1.29 is 9.59 Å². The highest BCUT2D eigenvalue weighted by Gasteiger charge is 2.28. The van der Waals surface area contributed by atoms with Gasteiger partial charge in [-0.2, -0.15) is 0 Å². The highest BCUT2D eigenvalue weighted by Crippen LogP contribution is 2.23. The summed E-state index contributed by atoms with van der Waals surface area (Å²) in [6, 6.07) is 9.91. The Morgan fingerprint density at radius 2 is 2.04 bits per heavy atom. The van der Waals surface area contributed by atoms with Crippen LogP contribution < -0.4 is 11.1 Å². The Morgan fingerprint density at radius 1 is 1.27 bits per heavy atom. The van der Waals surface area contributed by atoms with Gasteiger partial charge in [-0.3, -0.25) is 9.59 Å². The van der Waals surface area contributed by atoms with Crippen molar-refractivity contribution in [3.8, 4) is 10.6 Å². The molecule has 2 amide bonds. The molecule has 1 aliphatic heterocycles. The molecule has 0 radical (unpaired) electrons. The minimum Gasteiger partial charge on any atom is -0.350 e. The van der Waals surface area contributed by atoms with E-state index in [-0.39, 0.29) is 23.8 Å². The molecule has 0 bridgehead atoms. The molecule has 1 fully saturated rings. The van der Waals surface area contributed by atoms with Crippen LogP contribution in [-0.2, 0) is 16.1 Å². The van der Waals surface area contributed by atoms with Gasteiger partial charge in [0, 0.05) is 37.0 Å². The lowest BCUT2D eigenvalue weighted by molar-refractivity contribution is -0.131. The molecule has 0 unspecified atom stereocenters. The number of rotatable bonds is 4. The van der Waals surface area contributed by atoms with Gasteiger partial charge in [0.05, 0.1) is 18.2 Å². The van der Waals surface area contributed by atoms with Gasteiger partial charge < -0.3 is 16.0 Å². The normalized spacial score (nSPS) is 20.5. The van der Waals surface area contributed by atoms with E-state index in [9.17, 15) is 9.59 Å². The van der Waals surface area contributed by atoms with E-state index in [0.29, 0.717) is 26.1 Å². The second kappa shape index (κ2) is 8.42. The summed E-state index contributed by atoms with van der Waals surface area (Å²) < 4.78 is 0. The molecular formula is C19H24N4O2S. The van der Waals surface area contributed by atoms with Crippen LogP contribution in [0.15, 0.2) is 35.7 Å². The molecule has 138 valence electrons. The zero-order valence-corrected chi connectivity index (χ0v) is 15.7. The van der Waals surface area contributed by atoms with Crippen LogP contribution in [0.3, 0.4) is 0 Å². The van der Waals surface area contributed by atoms with Gasteiger partial charge in [-0.25, -0.2) is 4.98 Å². The second-order valence-electron chi connectivity index (χ2n) is 6.69. The first kappa shape index (κ1) is 18.5. The summed E-state index contributed by atoms with van der Waals surface area (Å²) in [5.41, 5.74) is 7.93. The maximum absolute atomic E-state index is 12.6. The molecule has 1 aliphatic rings. The molecule has 3 N–H and O–H groups in total. The van der Waals surface area contributed by atoms with Gasteiger partial charge in [0.1, 0.15) is 5.01 Å². The topological polar surface area (TPSA) is 88.3 Å². The van der Waals surface area contributed by atoms with E-state index in [4.69, 9.17) is 5.73 Å². The van der Waals surface area contributed by atoms with Gasteiger partial charge >= 0.3 is 0 Å². The van der Waals surface area contributed by atoms with Crippen molar-refractivity contribution in [1.82, 2.24) is 15.2 Å². The van der Waals surface area contributed by atoms with Crippen LogP contribution in [0.5, 0.6) is 0 Å². The van der Waals surface area contributed by atoms with E-state index in [1.807, 2.05) is 35.7 Å². The average Bonchev–Trinajstić information content (AvgIpc) is 3.02. The van der Waals surface area contributed by atoms with E-state index in [1.165, 1.54) is 6.92 Å². The van der Waals surface area contributed by atoms with Gasteiger partial charge in [-0.15, -0.1) is 11.3 Å². The van der Waals surface area contributed by atoms with Crippen LogP contribution in [0.2, 0.25) is 0 Å². The summed E-state index contributed by atoms with van der Waals surface area (Å²) in [6.07, 6.45) is 1.44. The predicted octanol–water partition coefficient (Wildman–Crippen LogP) is 2.01. The number of nitrogens with zero attached hydrogens (tertiary/aromatic N) is 2. The van der Waals surface area contributed by atoms with Gasteiger partial charge in [0.15, 0.2) is 0 Å². The van der Waals surface area contributed by atoms with Crippen molar-refractivity contribution >= 4 is 23.2 Å². The number of nitrogens with two attached hydrogens (primary N) is 1. The third kappa shape index (κ3) is 4.68. The summed E-state index contributed by atoms with van der Waals surface area (Å²) in [4.78, 5) is 30.5. The molecule has 0 aliphatic carbocycles. The van der Waals surface area contributed by atoms with E-state index < -0.39 is 0 Å². The van der Waals surface area contributed by atoms with Crippen molar-refractivity contribution in [2.75, 3.05) is 13.1 Å². The summed E-state index contributed by atoms with van der Waals surface area (Å²) in [5, 5.41) is 5.87. The lowest BCUT2D eigenvalue weighted by atomic mass is 10.0. The first-order valence-electron chi connectivity index (χ1n) is 8.81. The number of aromatic nitrogens is 1. The summed E-state index contributed by atoms with van der Waals surface area (Å²) in [6.45, 7) is 2.87. The third-order valence-electron chi connectivity index (χ3n) is 4.61. The maximum atomic E-state index is 12.6. The van der Waals surface area contributed by atoms with Crippen molar-refractivity contribution in [1.29, 1.82) is 0 Å². The Kier molecular flexibility index (Phi) is 6.00. The molecule has 1 aromatic heterocycles. The van der Waals surface area contributed by atoms with Crippen LogP contribution in [-0.4, -0.2) is 40.8 Å². The first-order valence-corrected chi connectivity index (χ1v) is 9.69. The lowest BCUT2D eigenvalue weighted by Crippen LogP contribution is -2.42. The molecule has 1 aromatic carbocycles. The Hall–Kier alpha value is -2.25. The number of hydrogen-bond donors (Lipinski definition) is 2. The molecule has 0 saturated carbocycles. The van der Waals surface area contributed by atoms with Gasteiger partial charge in [-0.1, -0.05) is 30.3 Å². The molecule has 2 aromatic rings. The van der Waals surface area contributed by atoms with E-state index >= 15 is 0 Å². The molecule has 6 nitrogen and oxygen atoms in total. The van der Waals surface area contributed by atoms with Gasteiger partial charge in [0.2, 0.25) is 11.8 Å². The Bertz CT molecular complexity index is 762. The maximum Gasteiger partial charge on any atom is 0.225 e. The number of thiazole rings is 1. The Morgan fingerprint density at radius 3 is 2.77 bits per heavy atom. The van der Waals surface area contributed by atoms with Crippen LogP contribution in [0, 0.1) is 5.92 Å². The lowest BCUT2D eigenvalue weighted by Gasteiger charge is -2.23. The standard InChI is InChI=1S/C19H24N4O2S/c1-13(24)23-10-15(7-8-16(20)11-23)18(25)21-9-17-12-26-19(22-17)14-5-3-2-4-6-14/h2-6,12,15-16H,7-11,20H2,1H3,(H,21,25)/t15-,16+/m1/s1. The molecule has 26 heavy (non-hydrogen) atoms. The fraction of sp³-hybridized carbons (Fsp3) is 0.421. The van der Waals surface area contributed by atoms with Crippen molar-refractivity contribution in [2.24, 2.45) is 11.7 Å². The van der Waals surface area contributed by atoms with Gasteiger partial charge in [-0.05, 0) is 12.8 Å². The molecule has 0 spiro atoms. The number of carbonyl (C=O) groups is 2. The van der Waals surface area contributed by atoms with Crippen LogP contribution >= 0.6 is 11.3 Å². The average molecular weight is 372 g/mol. The number of benzene rings is 1. The highest BCUT2D eigenvalue weighted by atomic mass is 32.1. The number of amides is 2. The summed E-state index contributed by atoms with van der Waals surface area (Å²) in [5.74, 6) is -0.300. The number of likely N-dealkylation sites (tertiary alicyclic amines) is 1. The molecule has 2 heterocycles.